The number of carbonyl (C=O) groups is 2. The van der Waals surface area contributed by atoms with Gasteiger partial charge in [-0.1, -0.05) is 18.2 Å². The van der Waals surface area contributed by atoms with Gasteiger partial charge in [-0.3, -0.25) is 9.59 Å². The summed E-state index contributed by atoms with van der Waals surface area (Å²) in [6.45, 7) is 0.207. The molecule has 0 saturated carbocycles. The van der Waals surface area contributed by atoms with Crippen LogP contribution in [-0.4, -0.2) is 36.6 Å². The summed E-state index contributed by atoms with van der Waals surface area (Å²) in [6.07, 6.45) is -0.0551. The van der Waals surface area contributed by atoms with E-state index in [9.17, 15) is 9.59 Å². The Labute approximate surface area is 111 Å². The SMILES string of the molecule is N#CCNC(=O)CN(CCC(=O)O)c1ccccc1. The zero-order chi connectivity index (χ0) is 14.1. The molecule has 0 bridgehead atoms. The molecule has 1 amide bonds. The Morgan fingerprint density at radius 2 is 2.00 bits per heavy atom. The fourth-order valence-corrected chi connectivity index (χ4v) is 1.54. The molecule has 19 heavy (non-hydrogen) atoms. The predicted molar refractivity (Wildman–Crippen MR) is 69.5 cm³/mol. The minimum absolute atomic E-state index is 0.0268. The summed E-state index contributed by atoms with van der Waals surface area (Å²) in [5, 5.41) is 19.5. The highest BCUT2D eigenvalue weighted by Gasteiger charge is 2.12. The average molecular weight is 261 g/mol. The van der Waals surface area contributed by atoms with Crippen LogP contribution in [0.25, 0.3) is 0 Å². The van der Waals surface area contributed by atoms with Crippen molar-refractivity contribution in [1.82, 2.24) is 5.32 Å². The lowest BCUT2D eigenvalue weighted by atomic mass is 10.2. The molecule has 0 aliphatic carbocycles. The van der Waals surface area contributed by atoms with Crippen LogP contribution < -0.4 is 10.2 Å². The van der Waals surface area contributed by atoms with Crippen molar-refractivity contribution in [2.75, 3.05) is 24.5 Å². The summed E-state index contributed by atoms with van der Waals surface area (Å²) in [7, 11) is 0. The number of amides is 1. The van der Waals surface area contributed by atoms with Crippen LogP contribution in [0.15, 0.2) is 30.3 Å². The van der Waals surface area contributed by atoms with Crippen molar-refractivity contribution in [1.29, 1.82) is 5.26 Å². The Balaban J connectivity index is 2.67. The second-order valence-electron chi connectivity index (χ2n) is 3.84. The van der Waals surface area contributed by atoms with Crippen molar-refractivity contribution < 1.29 is 14.7 Å². The Morgan fingerprint density at radius 1 is 1.32 bits per heavy atom. The molecule has 0 atom stereocenters. The van der Waals surface area contributed by atoms with Gasteiger partial charge in [-0.2, -0.15) is 5.26 Å². The smallest absolute Gasteiger partial charge is 0.305 e. The van der Waals surface area contributed by atoms with Gasteiger partial charge in [0.15, 0.2) is 0 Å². The molecule has 0 saturated heterocycles. The third-order valence-electron chi connectivity index (χ3n) is 2.42. The minimum atomic E-state index is -0.918. The minimum Gasteiger partial charge on any atom is -0.481 e. The van der Waals surface area contributed by atoms with E-state index in [-0.39, 0.29) is 32.0 Å². The molecule has 1 rings (SSSR count). The quantitative estimate of drug-likeness (QED) is 0.701. The number of benzene rings is 1. The summed E-state index contributed by atoms with van der Waals surface area (Å²) in [4.78, 5) is 23.9. The largest absolute Gasteiger partial charge is 0.481 e. The number of hydrogen-bond acceptors (Lipinski definition) is 4. The molecule has 1 aromatic carbocycles. The van der Waals surface area contributed by atoms with E-state index >= 15 is 0 Å². The lowest BCUT2D eigenvalue weighted by Gasteiger charge is -2.23. The second-order valence-corrected chi connectivity index (χ2v) is 3.84. The van der Waals surface area contributed by atoms with Gasteiger partial charge in [-0.15, -0.1) is 0 Å². The van der Waals surface area contributed by atoms with E-state index in [1.54, 1.807) is 17.0 Å². The molecule has 0 aliphatic heterocycles. The fourth-order valence-electron chi connectivity index (χ4n) is 1.54. The lowest BCUT2D eigenvalue weighted by molar-refractivity contribution is -0.136. The number of aliphatic carboxylic acids is 1. The molecular weight excluding hydrogens is 246 g/mol. The number of nitrogens with zero attached hydrogens (tertiary/aromatic N) is 2. The number of rotatable bonds is 7. The van der Waals surface area contributed by atoms with E-state index in [1.165, 1.54) is 0 Å². The van der Waals surface area contributed by atoms with Crippen LogP contribution >= 0.6 is 0 Å². The van der Waals surface area contributed by atoms with Gasteiger partial charge in [-0.05, 0) is 12.1 Å². The maximum atomic E-state index is 11.6. The van der Waals surface area contributed by atoms with E-state index in [0.29, 0.717) is 0 Å². The molecule has 0 aromatic heterocycles. The number of hydrogen-bond donors (Lipinski definition) is 2. The van der Waals surface area contributed by atoms with E-state index in [4.69, 9.17) is 10.4 Å². The van der Waals surface area contributed by atoms with E-state index in [1.807, 2.05) is 24.3 Å². The summed E-state index contributed by atoms with van der Waals surface area (Å²) in [6, 6.07) is 10.9. The van der Waals surface area contributed by atoms with E-state index in [0.717, 1.165) is 5.69 Å². The van der Waals surface area contributed by atoms with Crippen LogP contribution in [0.3, 0.4) is 0 Å². The summed E-state index contributed by atoms with van der Waals surface area (Å²) in [5.41, 5.74) is 0.774. The van der Waals surface area contributed by atoms with Crippen molar-refractivity contribution in [3.05, 3.63) is 30.3 Å². The maximum absolute atomic E-state index is 11.6. The Hall–Kier alpha value is -2.55. The molecule has 6 nitrogen and oxygen atoms in total. The average Bonchev–Trinajstić information content (AvgIpc) is 2.42. The van der Waals surface area contributed by atoms with Gasteiger partial charge >= 0.3 is 5.97 Å². The van der Waals surface area contributed by atoms with E-state index in [2.05, 4.69) is 5.32 Å². The molecular formula is C13H15N3O3. The zero-order valence-corrected chi connectivity index (χ0v) is 10.4. The van der Waals surface area contributed by atoms with Gasteiger partial charge in [0.2, 0.25) is 5.91 Å². The van der Waals surface area contributed by atoms with Gasteiger partial charge in [0, 0.05) is 12.2 Å². The number of nitrogens with one attached hydrogen (secondary N) is 1. The van der Waals surface area contributed by atoms with Crippen LogP contribution in [0.1, 0.15) is 6.42 Å². The number of anilines is 1. The zero-order valence-electron chi connectivity index (χ0n) is 10.4. The maximum Gasteiger partial charge on any atom is 0.305 e. The number of carboxylic acid groups (broad SMARTS) is 1. The van der Waals surface area contributed by atoms with Gasteiger partial charge in [0.1, 0.15) is 6.54 Å². The molecule has 0 spiro atoms. The lowest BCUT2D eigenvalue weighted by Crippen LogP contribution is -2.38. The van der Waals surface area contributed by atoms with E-state index < -0.39 is 5.97 Å². The Kier molecular flexibility index (Phi) is 5.89. The molecule has 0 heterocycles. The van der Waals surface area contributed by atoms with Crippen molar-refractivity contribution >= 4 is 17.6 Å². The third kappa shape index (κ3) is 5.55. The fraction of sp³-hybridized carbons (Fsp3) is 0.308. The van der Waals surface area contributed by atoms with Gasteiger partial charge in [-0.25, -0.2) is 0 Å². The van der Waals surface area contributed by atoms with Crippen molar-refractivity contribution in [2.24, 2.45) is 0 Å². The molecule has 0 unspecified atom stereocenters. The van der Waals surface area contributed by atoms with Crippen LogP contribution in [0.5, 0.6) is 0 Å². The highest BCUT2D eigenvalue weighted by molar-refractivity contribution is 5.81. The van der Waals surface area contributed by atoms with Crippen LogP contribution in [0.2, 0.25) is 0 Å². The van der Waals surface area contributed by atoms with Crippen molar-refractivity contribution in [3.8, 4) is 6.07 Å². The summed E-state index contributed by atoms with van der Waals surface area (Å²) < 4.78 is 0. The normalized spacial score (nSPS) is 9.42. The molecule has 0 radical (unpaired) electrons. The first-order chi connectivity index (χ1) is 9.13. The number of carbonyl (C=O) groups excluding carboxylic acids is 1. The second kappa shape index (κ2) is 7.71. The number of para-hydroxylation sites is 1. The highest BCUT2D eigenvalue weighted by atomic mass is 16.4. The number of nitriles is 1. The van der Waals surface area contributed by atoms with Crippen LogP contribution in [-0.2, 0) is 9.59 Å². The topological polar surface area (TPSA) is 93.4 Å². The van der Waals surface area contributed by atoms with Gasteiger partial charge in [0.05, 0.1) is 19.0 Å². The predicted octanol–water partition coefficient (Wildman–Crippen LogP) is 0.607. The molecule has 1 aromatic rings. The Bertz CT molecular complexity index is 468. The molecule has 100 valence electrons. The molecule has 2 N–H and O–H groups in total. The first-order valence-corrected chi connectivity index (χ1v) is 5.79. The molecule has 0 aliphatic rings. The molecule has 6 heteroatoms. The number of carboxylic acids is 1. The summed E-state index contributed by atoms with van der Waals surface area (Å²) >= 11 is 0. The van der Waals surface area contributed by atoms with Gasteiger partial charge < -0.3 is 15.3 Å². The first-order valence-electron chi connectivity index (χ1n) is 5.79. The standard InChI is InChI=1S/C13H15N3O3/c14-7-8-15-12(17)10-16(9-6-13(18)19)11-4-2-1-3-5-11/h1-5H,6,8-10H2,(H,15,17)(H,18,19). The van der Waals surface area contributed by atoms with Crippen LogP contribution in [0.4, 0.5) is 5.69 Å². The Morgan fingerprint density at radius 3 is 2.58 bits per heavy atom. The van der Waals surface area contributed by atoms with Crippen LogP contribution in [0, 0.1) is 11.3 Å². The highest BCUT2D eigenvalue weighted by Crippen LogP contribution is 2.13. The van der Waals surface area contributed by atoms with Crippen molar-refractivity contribution in [3.63, 3.8) is 0 Å². The third-order valence-corrected chi connectivity index (χ3v) is 2.42. The van der Waals surface area contributed by atoms with Crippen molar-refractivity contribution in [2.45, 2.75) is 6.42 Å². The first kappa shape index (κ1) is 14.5. The summed E-state index contributed by atoms with van der Waals surface area (Å²) in [5.74, 6) is -1.23. The monoisotopic (exact) mass is 261 g/mol. The molecule has 0 fully saturated rings. The van der Waals surface area contributed by atoms with Gasteiger partial charge in [0.25, 0.3) is 0 Å².